The molecule has 0 unspecified atom stereocenters. The molecule has 0 saturated carbocycles. The van der Waals surface area contributed by atoms with E-state index in [4.69, 9.17) is 5.11 Å². The Balaban J connectivity index is 3.05. The number of nitrogens with one attached hydrogen (secondary N) is 1. The summed E-state index contributed by atoms with van der Waals surface area (Å²) in [5.41, 5.74) is 0.315. The van der Waals surface area contributed by atoms with E-state index in [9.17, 15) is 17.6 Å². The Morgan fingerprint density at radius 3 is 2.53 bits per heavy atom. The minimum Gasteiger partial charge on any atom is -0.480 e. The van der Waals surface area contributed by atoms with Crippen molar-refractivity contribution in [3.8, 4) is 0 Å². The van der Waals surface area contributed by atoms with Crippen molar-refractivity contribution >= 4 is 16.0 Å². The van der Waals surface area contributed by atoms with Crippen LogP contribution >= 0.6 is 0 Å². The predicted octanol–water partition coefficient (Wildman–Crippen LogP) is 0.886. The Morgan fingerprint density at radius 2 is 2.06 bits per heavy atom. The molecule has 5 nitrogen and oxygen atoms in total. The van der Waals surface area contributed by atoms with Gasteiger partial charge in [-0.3, -0.25) is 4.79 Å². The number of hydrogen-bond acceptors (Lipinski definition) is 3. The number of halogens is 1. The van der Waals surface area contributed by atoms with Gasteiger partial charge in [-0.1, -0.05) is 6.07 Å². The first-order chi connectivity index (χ1) is 7.74. The van der Waals surface area contributed by atoms with Crippen LogP contribution in [0, 0.1) is 12.7 Å². The Hall–Kier alpha value is -1.47. The average Bonchev–Trinajstić information content (AvgIpc) is 2.21. The van der Waals surface area contributed by atoms with E-state index in [-0.39, 0.29) is 4.90 Å². The molecule has 17 heavy (non-hydrogen) atoms. The van der Waals surface area contributed by atoms with E-state index >= 15 is 0 Å². The highest BCUT2D eigenvalue weighted by molar-refractivity contribution is 7.89. The molecule has 1 atom stereocenters. The third kappa shape index (κ3) is 3.24. The number of aliphatic carboxylic acids is 1. The second-order valence-corrected chi connectivity index (χ2v) is 5.31. The van der Waals surface area contributed by atoms with E-state index in [0.717, 1.165) is 6.07 Å². The fourth-order valence-electron chi connectivity index (χ4n) is 1.09. The molecule has 0 fully saturated rings. The maximum Gasteiger partial charge on any atom is 0.321 e. The molecule has 2 N–H and O–H groups in total. The van der Waals surface area contributed by atoms with E-state index in [1.165, 1.54) is 26.0 Å². The molecule has 94 valence electrons. The number of benzene rings is 1. The lowest BCUT2D eigenvalue weighted by atomic mass is 10.2. The van der Waals surface area contributed by atoms with Gasteiger partial charge in [-0.15, -0.1) is 0 Å². The molecule has 0 amide bonds. The Kier molecular flexibility index (Phi) is 3.84. The van der Waals surface area contributed by atoms with Crippen molar-refractivity contribution in [2.75, 3.05) is 0 Å². The van der Waals surface area contributed by atoms with Crippen LogP contribution in [0.2, 0.25) is 0 Å². The van der Waals surface area contributed by atoms with E-state index in [1.54, 1.807) is 0 Å². The summed E-state index contributed by atoms with van der Waals surface area (Å²) in [7, 11) is -4.01. The summed E-state index contributed by atoms with van der Waals surface area (Å²) in [5, 5.41) is 8.59. The van der Waals surface area contributed by atoms with Gasteiger partial charge in [0.05, 0.1) is 4.90 Å². The first kappa shape index (κ1) is 13.6. The molecule has 0 aliphatic heterocycles. The monoisotopic (exact) mass is 261 g/mol. The fourth-order valence-corrected chi connectivity index (χ4v) is 2.30. The van der Waals surface area contributed by atoms with Crippen LogP contribution in [0.1, 0.15) is 12.5 Å². The number of carboxylic acid groups (broad SMARTS) is 1. The number of rotatable bonds is 4. The molecule has 0 radical (unpaired) electrons. The summed E-state index contributed by atoms with van der Waals surface area (Å²) in [4.78, 5) is 10.2. The smallest absolute Gasteiger partial charge is 0.321 e. The van der Waals surface area contributed by atoms with E-state index in [2.05, 4.69) is 0 Å². The highest BCUT2D eigenvalue weighted by Gasteiger charge is 2.21. The first-order valence-corrected chi connectivity index (χ1v) is 6.23. The summed E-state index contributed by atoms with van der Waals surface area (Å²) >= 11 is 0. The van der Waals surface area contributed by atoms with Crippen molar-refractivity contribution in [2.24, 2.45) is 0 Å². The lowest BCUT2D eigenvalue weighted by Gasteiger charge is -2.10. The predicted molar refractivity (Wildman–Crippen MR) is 58.6 cm³/mol. The second kappa shape index (κ2) is 4.80. The molecule has 1 aromatic rings. The van der Waals surface area contributed by atoms with Gasteiger partial charge < -0.3 is 5.11 Å². The third-order valence-electron chi connectivity index (χ3n) is 2.16. The largest absolute Gasteiger partial charge is 0.480 e. The molecule has 1 rings (SSSR count). The molecule has 0 aromatic heterocycles. The van der Waals surface area contributed by atoms with Crippen LogP contribution in [-0.4, -0.2) is 25.5 Å². The Labute approximate surface area is 98.3 Å². The average molecular weight is 261 g/mol. The van der Waals surface area contributed by atoms with Gasteiger partial charge in [-0.05, 0) is 31.5 Å². The highest BCUT2D eigenvalue weighted by atomic mass is 32.2. The van der Waals surface area contributed by atoms with Gasteiger partial charge in [-0.25, -0.2) is 12.8 Å². The fraction of sp³-hybridized carbons (Fsp3) is 0.300. The molecular formula is C10H12FNO4S. The Morgan fingerprint density at radius 1 is 1.47 bits per heavy atom. The van der Waals surface area contributed by atoms with Gasteiger partial charge in [0.2, 0.25) is 10.0 Å². The van der Waals surface area contributed by atoms with Crippen LogP contribution in [0.3, 0.4) is 0 Å². The summed E-state index contributed by atoms with van der Waals surface area (Å²) in [6.07, 6.45) is 0. The third-order valence-corrected chi connectivity index (χ3v) is 3.69. The molecule has 0 saturated heterocycles. The normalized spacial score (nSPS) is 13.4. The van der Waals surface area contributed by atoms with Crippen molar-refractivity contribution < 1.29 is 22.7 Å². The van der Waals surface area contributed by atoms with Crippen molar-refractivity contribution in [3.63, 3.8) is 0 Å². The number of sulfonamides is 1. The zero-order chi connectivity index (χ0) is 13.2. The van der Waals surface area contributed by atoms with Gasteiger partial charge in [0, 0.05) is 0 Å². The van der Waals surface area contributed by atoms with Gasteiger partial charge in [0.15, 0.2) is 0 Å². The van der Waals surface area contributed by atoms with Crippen molar-refractivity contribution in [2.45, 2.75) is 24.8 Å². The molecule has 7 heteroatoms. The van der Waals surface area contributed by atoms with Crippen LogP contribution in [0.4, 0.5) is 4.39 Å². The van der Waals surface area contributed by atoms with E-state index < -0.39 is 27.9 Å². The molecule has 0 aliphatic carbocycles. The number of carbonyl (C=O) groups is 1. The lowest BCUT2D eigenvalue weighted by molar-refractivity contribution is -0.138. The quantitative estimate of drug-likeness (QED) is 0.843. The molecule has 1 aromatic carbocycles. The van der Waals surface area contributed by atoms with Gasteiger partial charge in [0.1, 0.15) is 11.9 Å². The lowest BCUT2D eigenvalue weighted by Crippen LogP contribution is -2.38. The zero-order valence-corrected chi connectivity index (χ0v) is 10.1. The topological polar surface area (TPSA) is 83.5 Å². The summed E-state index contributed by atoms with van der Waals surface area (Å²) in [6, 6.07) is 2.11. The number of hydrogen-bond donors (Lipinski definition) is 2. The minimum atomic E-state index is -4.01. The van der Waals surface area contributed by atoms with Gasteiger partial charge in [0.25, 0.3) is 0 Å². The van der Waals surface area contributed by atoms with E-state index in [0.29, 0.717) is 5.56 Å². The van der Waals surface area contributed by atoms with Crippen LogP contribution < -0.4 is 4.72 Å². The van der Waals surface area contributed by atoms with Crippen LogP contribution in [0.15, 0.2) is 23.1 Å². The molecular weight excluding hydrogens is 249 g/mol. The minimum absolute atomic E-state index is 0.297. The van der Waals surface area contributed by atoms with Crippen molar-refractivity contribution in [1.29, 1.82) is 0 Å². The standard InChI is InChI=1S/C10H12FNO4S/c1-6-3-4-8(5-9(6)11)17(15,16)12-7(2)10(13)14/h3-5,7,12H,1-2H3,(H,13,14)/t7-/m1/s1. The number of carboxylic acids is 1. The number of aryl methyl sites for hydroxylation is 1. The van der Waals surface area contributed by atoms with Crippen LogP contribution in [0.25, 0.3) is 0 Å². The van der Waals surface area contributed by atoms with Crippen LogP contribution in [-0.2, 0) is 14.8 Å². The summed E-state index contributed by atoms with van der Waals surface area (Å²) in [6.45, 7) is 2.68. The molecule has 0 bridgehead atoms. The SMILES string of the molecule is Cc1ccc(S(=O)(=O)N[C@H](C)C(=O)O)cc1F. The van der Waals surface area contributed by atoms with Crippen LogP contribution in [0.5, 0.6) is 0 Å². The van der Waals surface area contributed by atoms with Crippen molar-refractivity contribution in [3.05, 3.63) is 29.6 Å². The molecule has 0 aliphatic rings. The highest BCUT2D eigenvalue weighted by Crippen LogP contribution is 2.14. The maximum atomic E-state index is 13.2. The van der Waals surface area contributed by atoms with Gasteiger partial charge in [-0.2, -0.15) is 4.72 Å². The molecule has 0 heterocycles. The van der Waals surface area contributed by atoms with Crippen molar-refractivity contribution in [1.82, 2.24) is 4.72 Å². The summed E-state index contributed by atoms with van der Waals surface area (Å²) in [5.74, 6) is -1.96. The zero-order valence-electron chi connectivity index (χ0n) is 9.27. The second-order valence-electron chi connectivity index (χ2n) is 3.59. The van der Waals surface area contributed by atoms with E-state index in [1.807, 2.05) is 4.72 Å². The molecule has 0 spiro atoms. The maximum absolute atomic E-state index is 13.2. The Bertz CT molecular complexity index is 541. The summed E-state index contributed by atoms with van der Waals surface area (Å²) < 4.78 is 38.5. The van der Waals surface area contributed by atoms with Gasteiger partial charge >= 0.3 is 5.97 Å². The first-order valence-electron chi connectivity index (χ1n) is 4.75.